The fourth-order valence-electron chi connectivity index (χ4n) is 2.85. The molecular formula is C20H20FN5O2S. The van der Waals surface area contributed by atoms with E-state index in [1.54, 1.807) is 4.57 Å². The van der Waals surface area contributed by atoms with Crippen molar-refractivity contribution in [2.45, 2.75) is 26.8 Å². The van der Waals surface area contributed by atoms with Gasteiger partial charge in [-0.15, -0.1) is 0 Å². The zero-order valence-corrected chi connectivity index (χ0v) is 16.8. The van der Waals surface area contributed by atoms with E-state index in [-0.39, 0.29) is 18.0 Å². The van der Waals surface area contributed by atoms with Gasteiger partial charge in [0.15, 0.2) is 10.6 Å². The molecule has 0 fully saturated rings. The number of anilines is 2. The Morgan fingerprint density at radius 3 is 2.72 bits per heavy atom. The summed E-state index contributed by atoms with van der Waals surface area (Å²) in [5.41, 5.74) is 2.38. The third-order valence-corrected chi connectivity index (χ3v) is 4.47. The number of aryl methyl sites for hydroxylation is 1. The van der Waals surface area contributed by atoms with Gasteiger partial charge in [-0.1, -0.05) is 23.8 Å². The first kappa shape index (κ1) is 20.4. The second kappa shape index (κ2) is 8.78. The van der Waals surface area contributed by atoms with Crippen LogP contribution >= 0.6 is 12.2 Å². The van der Waals surface area contributed by atoms with E-state index in [1.807, 2.05) is 31.2 Å². The van der Waals surface area contributed by atoms with Crippen LogP contribution < -0.4 is 10.6 Å². The number of aromatic nitrogens is 3. The zero-order chi connectivity index (χ0) is 21.0. The van der Waals surface area contributed by atoms with E-state index in [0.717, 1.165) is 11.1 Å². The molecule has 3 aromatic rings. The predicted molar refractivity (Wildman–Crippen MR) is 112 cm³/mol. The van der Waals surface area contributed by atoms with Gasteiger partial charge >= 0.3 is 0 Å². The minimum atomic E-state index is -0.578. The monoisotopic (exact) mass is 413 g/mol. The van der Waals surface area contributed by atoms with Gasteiger partial charge in [0.1, 0.15) is 5.82 Å². The largest absolute Gasteiger partial charge is 0.326 e. The van der Waals surface area contributed by atoms with Crippen molar-refractivity contribution >= 4 is 35.4 Å². The van der Waals surface area contributed by atoms with Crippen LogP contribution in [0.25, 0.3) is 11.4 Å². The number of amides is 2. The van der Waals surface area contributed by atoms with E-state index < -0.39 is 11.7 Å². The van der Waals surface area contributed by atoms with Crippen LogP contribution in [0.4, 0.5) is 15.8 Å². The number of halogens is 1. The third kappa shape index (κ3) is 5.14. The van der Waals surface area contributed by atoms with Gasteiger partial charge in [-0.2, -0.15) is 5.10 Å². The van der Waals surface area contributed by atoms with Gasteiger partial charge in [0.2, 0.25) is 11.8 Å². The Bertz CT molecular complexity index is 1120. The SMILES string of the molecule is CC(=O)Nc1cc(NC(=O)CCn2c(-c3cccc(C)c3)n[nH]c2=S)ccc1F. The molecule has 0 aliphatic carbocycles. The molecule has 3 N–H and O–H groups in total. The van der Waals surface area contributed by atoms with Gasteiger partial charge in [-0.3, -0.25) is 19.3 Å². The van der Waals surface area contributed by atoms with Crippen molar-refractivity contribution in [1.29, 1.82) is 0 Å². The Hall–Kier alpha value is -3.33. The summed E-state index contributed by atoms with van der Waals surface area (Å²) in [6.07, 6.45) is 0.138. The lowest BCUT2D eigenvalue weighted by Gasteiger charge is -2.10. The molecule has 2 aromatic carbocycles. The van der Waals surface area contributed by atoms with E-state index >= 15 is 0 Å². The molecule has 3 rings (SSSR count). The molecule has 0 radical (unpaired) electrons. The topological polar surface area (TPSA) is 91.8 Å². The Morgan fingerprint density at radius 2 is 2.00 bits per heavy atom. The Morgan fingerprint density at radius 1 is 1.21 bits per heavy atom. The number of nitrogens with zero attached hydrogens (tertiary/aromatic N) is 2. The number of hydrogen-bond acceptors (Lipinski definition) is 4. The lowest BCUT2D eigenvalue weighted by Crippen LogP contribution is -2.15. The molecule has 0 saturated heterocycles. The molecule has 1 aromatic heterocycles. The van der Waals surface area contributed by atoms with Crippen molar-refractivity contribution in [1.82, 2.24) is 14.8 Å². The van der Waals surface area contributed by atoms with Crippen LogP contribution in [0.15, 0.2) is 42.5 Å². The van der Waals surface area contributed by atoms with Crippen LogP contribution in [-0.2, 0) is 16.1 Å². The molecule has 29 heavy (non-hydrogen) atoms. The van der Waals surface area contributed by atoms with E-state index in [4.69, 9.17) is 12.2 Å². The number of benzene rings is 2. The van der Waals surface area contributed by atoms with E-state index in [9.17, 15) is 14.0 Å². The summed E-state index contributed by atoms with van der Waals surface area (Å²) in [6, 6.07) is 11.8. The lowest BCUT2D eigenvalue weighted by atomic mass is 10.1. The van der Waals surface area contributed by atoms with E-state index in [1.165, 1.54) is 25.1 Å². The Labute approximate surface area is 172 Å². The molecule has 0 bridgehead atoms. The molecule has 0 saturated carbocycles. The van der Waals surface area contributed by atoms with Crippen molar-refractivity contribution in [3.05, 3.63) is 58.6 Å². The zero-order valence-electron chi connectivity index (χ0n) is 16.0. The molecule has 0 spiro atoms. The average molecular weight is 413 g/mol. The van der Waals surface area contributed by atoms with Gasteiger partial charge in [0.05, 0.1) is 5.69 Å². The minimum absolute atomic E-state index is 0.00841. The van der Waals surface area contributed by atoms with Crippen LogP contribution in [0, 0.1) is 17.5 Å². The fraction of sp³-hybridized carbons (Fsp3) is 0.200. The molecular weight excluding hydrogens is 393 g/mol. The molecule has 0 unspecified atom stereocenters. The lowest BCUT2D eigenvalue weighted by molar-refractivity contribution is -0.116. The number of H-pyrrole nitrogens is 1. The highest BCUT2D eigenvalue weighted by atomic mass is 32.1. The van der Waals surface area contributed by atoms with Gasteiger partial charge in [-0.25, -0.2) is 4.39 Å². The fourth-order valence-corrected chi connectivity index (χ4v) is 3.08. The van der Waals surface area contributed by atoms with Crippen LogP contribution in [0.3, 0.4) is 0 Å². The van der Waals surface area contributed by atoms with Gasteiger partial charge in [0, 0.05) is 31.1 Å². The summed E-state index contributed by atoms with van der Waals surface area (Å²) in [5.74, 6) is -0.596. The maximum Gasteiger partial charge on any atom is 0.226 e. The minimum Gasteiger partial charge on any atom is -0.326 e. The Kier molecular flexibility index (Phi) is 6.18. The summed E-state index contributed by atoms with van der Waals surface area (Å²) < 4.78 is 15.9. The number of hydrogen-bond donors (Lipinski definition) is 3. The molecule has 1 heterocycles. The smallest absolute Gasteiger partial charge is 0.226 e. The van der Waals surface area contributed by atoms with E-state index in [2.05, 4.69) is 20.8 Å². The highest BCUT2D eigenvalue weighted by molar-refractivity contribution is 7.71. The first-order chi connectivity index (χ1) is 13.8. The van der Waals surface area contributed by atoms with Crippen molar-refractivity contribution < 1.29 is 14.0 Å². The van der Waals surface area contributed by atoms with Crippen LogP contribution in [0.2, 0.25) is 0 Å². The molecule has 0 aliphatic heterocycles. The quantitative estimate of drug-likeness (QED) is 0.532. The second-order valence-electron chi connectivity index (χ2n) is 6.55. The highest BCUT2D eigenvalue weighted by Crippen LogP contribution is 2.21. The third-order valence-electron chi connectivity index (χ3n) is 4.16. The summed E-state index contributed by atoms with van der Waals surface area (Å²) >= 11 is 5.29. The maximum absolute atomic E-state index is 13.7. The molecule has 7 nitrogen and oxygen atoms in total. The Balaban J connectivity index is 1.70. The maximum atomic E-state index is 13.7. The van der Waals surface area contributed by atoms with Crippen LogP contribution in [0.1, 0.15) is 18.9 Å². The number of aromatic amines is 1. The number of carbonyl (C=O) groups excluding carboxylic acids is 2. The number of carbonyl (C=O) groups is 2. The summed E-state index contributed by atoms with van der Waals surface area (Å²) in [6.45, 7) is 3.59. The normalized spacial score (nSPS) is 10.6. The van der Waals surface area contributed by atoms with Crippen molar-refractivity contribution in [2.24, 2.45) is 0 Å². The molecule has 0 atom stereocenters. The molecule has 9 heteroatoms. The summed E-state index contributed by atoms with van der Waals surface area (Å²) in [4.78, 5) is 23.5. The van der Waals surface area contributed by atoms with Crippen molar-refractivity contribution in [3.63, 3.8) is 0 Å². The average Bonchev–Trinajstić information content (AvgIpc) is 3.03. The summed E-state index contributed by atoms with van der Waals surface area (Å²) in [7, 11) is 0. The van der Waals surface area contributed by atoms with Gasteiger partial charge in [0.25, 0.3) is 0 Å². The van der Waals surface area contributed by atoms with Crippen molar-refractivity contribution in [2.75, 3.05) is 10.6 Å². The van der Waals surface area contributed by atoms with E-state index in [0.29, 0.717) is 22.8 Å². The van der Waals surface area contributed by atoms with Crippen LogP contribution in [0.5, 0.6) is 0 Å². The standard InChI is InChI=1S/C20H20FN5O2S/c1-12-4-3-5-14(10-12)19-24-25-20(29)26(19)9-8-18(28)23-15-6-7-16(21)17(11-15)22-13(2)27/h3-7,10-11H,8-9H2,1-2H3,(H,22,27)(H,23,28)(H,25,29). The highest BCUT2D eigenvalue weighted by Gasteiger charge is 2.12. The van der Waals surface area contributed by atoms with Gasteiger partial charge in [-0.05, 0) is 43.4 Å². The first-order valence-corrected chi connectivity index (χ1v) is 9.33. The molecule has 0 aliphatic rings. The first-order valence-electron chi connectivity index (χ1n) is 8.92. The molecule has 150 valence electrons. The summed E-state index contributed by atoms with van der Waals surface area (Å²) in [5, 5.41) is 12.1. The number of rotatable bonds is 6. The number of nitrogens with one attached hydrogen (secondary N) is 3. The van der Waals surface area contributed by atoms with Crippen molar-refractivity contribution in [3.8, 4) is 11.4 Å². The second-order valence-corrected chi connectivity index (χ2v) is 6.93. The predicted octanol–water partition coefficient (Wildman–Crippen LogP) is 4.04. The van der Waals surface area contributed by atoms with Crippen LogP contribution in [-0.4, -0.2) is 26.6 Å². The molecule has 2 amide bonds. The van der Waals surface area contributed by atoms with Gasteiger partial charge < -0.3 is 10.6 Å².